The van der Waals surface area contributed by atoms with E-state index in [9.17, 15) is 0 Å². The highest BCUT2D eigenvalue weighted by Crippen LogP contribution is 2.15. The Morgan fingerprint density at radius 3 is 2.78 bits per heavy atom. The van der Waals surface area contributed by atoms with Gasteiger partial charge in [0.15, 0.2) is 0 Å². The molecule has 1 aromatic rings. The summed E-state index contributed by atoms with van der Waals surface area (Å²) in [6.45, 7) is 8.38. The van der Waals surface area contributed by atoms with Crippen LogP contribution in [0.2, 0.25) is 0 Å². The highest BCUT2D eigenvalue weighted by Gasteiger charge is 2.31. The molecule has 0 aliphatic carbocycles. The first-order valence-corrected chi connectivity index (χ1v) is 6.96. The SMILES string of the molecule is Cn1ccnc1CCN1CC(N2CCNCC2)C1. The topological polar surface area (TPSA) is 36.3 Å². The molecule has 3 rings (SSSR count). The number of imidazole rings is 1. The van der Waals surface area contributed by atoms with Crippen molar-refractivity contribution in [2.45, 2.75) is 12.5 Å². The van der Waals surface area contributed by atoms with Crippen molar-refractivity contribution in [3.8, 4) is 0 Å². The second-order valence-electron chi connectivity index (χ2n) is 5.40. The van der Waals surface area contributed by atoms with Gasteiger partial charge in [-0.15, -0.1) is 0 Å². The fourth-order valence-corrected chi connectivity index (χ4v) is 2.90. The number of aromatic nitrogens is 2. The molecule has 1 aromatic heterocycles. The third-order valence-corrected chi connectivity index (χ3v) is 4.18. The summed E-state index contributed by atoms with van der Waals surface area (Å²) in [5, 5.41) is 3.41. The van der Waals surface area contributed by atoms with Crippen LogP contribution < -0.4 is 5.32 Å². The summed E-state index contributed by atoms with van der Waals surface area (Å²) in [5.41, 5.74) is 0. The van der Waals surface area contributed by atoms with E-state index in [4.69, 9.17) is 0 Å². The number of likely N-dealkylation sites (tertiary alicyclic amines) is 1. The third-order valence-electron chi connectivity index (χ3n) is 4.18. The lowest BCUT2D eigenvalue weighted by molar-refractivity contribution is 0.0278. The van der Waals surface area contributed by atoms with Crippen LogP contribution in [0, 0.1) is 0 Å². The highest BCUT2D eigenvalue weighted by atomic mass is 15.3. The minimum absolute atomic E-state index is 0.800. The van der Waals surface area contributed by atoms with E-state index in [1.807, 2.05) is 12.4 Å². The quantitative estimate of drug-likeness (QED) is 0.784. The van der Waals surface area contributed by atoms with Crippen molar-refractivity contribution in [3.05, 3.63) is 18.2 Å². The third kappa shape index (κ3) is 2.58. The molecule has 2 aliphatic rings. The minimum Gasteiger partial charge on any atom is -0.338 e. The summed E-state index contributed by atoms with van der Waals surface area (Å²) in [6, 6.07) is 0.800. The van der Waals surface area contributed by atoms with Gasteiger partial charge in [-0.3, -0.25) is 9.80 Å². The van der Waals surface area contributed by atoms with Gasteiger partial charge in [0.1, 0.15) is 5.82 Å². The zero-order valence-electron chi connectivity index (χ0n) is 11.2. The molecule has 0 radical (unpaired) electrons. The van der Waals surface area contributed by atoms with Gasteiger partial charge in [0.05, 0.1) is 0 Å². The maximum Gasteiger partial charge on any atom is 0.109 e. The van der Waals surface area contributed by atoms with Crippen LogP contribution in [0.1, 0.15) is 5.82 Å². The van der Waals surface area contributed by atoms with E-state index in [2.05, 4.69) is 31.7 Å². The van der Waals surface area contributed by atoms with Crippen LogP contribution in [0.15, 0.2) is 12.4 Å². The molecule has 0 unspecified atom stereocenters. The Bertz CT molecular complexity index is 376. The largest absolute Gasteiger partial charge is 0.338 e. The van der Waals surface area contributed by atoms with Gasteiger partial charge in [-0.05, 0) is 0 Å². The number of aryl methyl sites for hydroxylation is 1. The van der Waals surface area contributed by atoms with E-state index >= 15 is 0 Å². The zero-order chi connectivity index (χ0) is 12.4. The smallest absolute Gasteiger partial charge is 0.109 e. The zero-order valence-corrected chi connectivity index (χ0v) is 11.2. The van der Waals surface area contributed by atoms with Gasteiger partial charge >= 0.3 is 0 Å². The van der Waals surface area contributed by atoms with E-state index in [1.54, 1.807) is 0 Å². The average molecular weight is 249 g/mol. The molecule has 0 bridgehead atoms. The molecule has 18 heavy (non-hydrogen) atoms. The summed E-state index contributed by atoms with van der Waals surface area (Å²) in [5.74, 6) is 1.20. The molecule has 0 atom stereocenters. The molecule has 3 heterocycles. The first-order valence-electron chi connectivity index (χ1n) is 6.96. The van der Waals surface area contributed by atoms with E-state index in [0.717, 1.165) is 32.1 Å². The molecule has 100 valence electrons. The second kappa shape index (κ2) is 5.38. The molecule has 2 fully saturated rings. The second-order valence-corrected chi connectivity index (χ2v) is 5.40. The number of nitrogens with zero attached hydrogens (tertiary/aromatic N) is 4. The Balaban J connectivity index is 1.39. The summed E-state index contributed by atoms with van der Waals surface area (Å²) >= 11 is 0. The average Bonchev–Trinajstić information content (AvgIpc) is 2.74. The Morgan fingerprint density at radius 2 is 2.11 bits per heavy atom. The molecule has 5 heteroatoms. The lowest BCUT2D eigenvalue weighted by Gasteiger charge is -2.46. The van der Waals surface area contributed by atoms with Crippen molar-refractivity contribution >= 4 is 0 Å². The Labute approximate surface area is 109 Å². The number of nitrogens with one attached hydrogen (secondary N) is 1. The Morgan fingerprint density at radius 1 is 1.33 bits per heavy atom. The van der Waals surface area contributed by atoms with Gasteiger partial charge in [0, 0.05) is 77.7 Å². The molecule has 0 aromatic carbocycles. The highest BCUT2D eigenvalue weighted by molar-refractivity contribution is 4.95. The van der Waals surface area contributed by atoms with Gasteiger partial charge in [-0.2, -0.15) is 0 Å². The number of hydrogen-bond donors (Lipinski definition) is 1. The van der Waals surface area contributed by atoms with Gasteiger partial charge in [-0.1, -0.05) is 0 Å². The van der Waals surface area contributed by atoms with Gasteiger partial charge < -0.3 is 9.88 Å². The van der Waals surface area contributed by atoms with E-state index in [-0.39, 0.29) is 0 Å². The van der Waals surface area contributed by atoms with Crippen LogP contribution in [-0.2, 0) is 13.5 Å². The molecule has 0 saturated carbocycles. The van der Waals surface area contributed by atoms with Gasteiger partial charge in [-0.25, -0.2) is 4.98 Å². The first-order chi connectivity index (χ1) is 8.83. The van der Waals surface area contributed by atoms with Crippen LogP contribution in [0.25, 0.3) is 0 Å². The fourth-order valence-electron chi connectivity index (χ4n) is 2.90. The number of rotatable bonds is 4. The molecule has 1 N–H and O–H groups in total. The molecular weight excluding hydrogens is 226 g/mol. The number of piperazine rings is 1. The van der Waals surface area contributed by atoms with Crippen molar-refractivity contribution in [2.75, 3.05) is 45.8 Å². The normalized spacial score (nSPS) is 23.2. The fraction of sp³-hybridized carbons (Fsp3) is 0.769. The predicted octanol–water partition coefficient (Wildman–Crippen LogP) is -0.448. The molecule has 5 nitrogen and oxygen atoms in total. The lowest BCUT2D eigenvalue weighted by atomic mass is 10.1. The molecule has 2 aliphatic heterocycles. The summed E-state index contributed by atoms with van der Waals surface area (Å²) in [7, 11) is 2.07. The van der Waals surface area contributed by atoms with Crippen molar-refractivity contribution in [3.63, 3.8) is 0 Å². The first kappa shape index (κ1) is 12.1. The minimum atomic E-state index is 0.800. The van der Waals surface area contributed by atoms with Crippen LogP contribution in [0.4, 0.5) is 0 Å². The van der Waals surface area contributed by atoms with Crippen LogP contribution >= 0.6 is 0 Å². The van der Waals surface area contributed by atoms with Crippen LogP contribution in [-0.4, -0.2) is 71.2 Å². The van der Waals surface area contributed by atoms with Crippen molar-refractivity contribution in [2.24, 2.45) is 7.05 Å². The Hall–Kier alpha value is -0.910. The molecule has 2 saturated heterocycles. The molecular formula is C13H23N5. The maximum absolute atomic E-state index is 4.37. The summed E-state index contributed by atoms with van der Waals surface area (Å²) in [4.78, 5) is 9.55. The van der Waals surface area contributed by atoms with E-state index in [0.29, 0.717) is 0 Å². The summed E-state index contributed by atoms with van der Waals surface area (Å²) in [6.07, 6.45) is 4.97. The van der Waals surface area contributed by atoms with Crippen molar-refractivity contribution in [1.82, 2.24) is 24.7 Å². The predicted molar refractivity (Wildman–Crippen MR) is 71.6 cm³/mol. The monoisotopic (exact) mass is 249 g/mol. The molecule has 0 spiro atoms. The maximum atomic E-state index is 4.37. The molecule has 0 amide bonds. The lowest BCUT2D eigenvalue weighted by Crippen LogP contribution is -2.62. The van der Waals surface area contributed by atoms with E-state index in [1.165, 1.54) is 32.0 Å². The van der Waals surface area contributed by atoms with Crippen LogP contribution in [0.3, 0.4) is 0 Å². The summed E-state index contributed by atoms with van der Waals surface area (Å²) < 4.78 is 2.12. The van der Waals surface area contributed by atoms with Crippen LogP contribution in [0.5, 0.6) is 0 Å². The Kier molecular flexibility index (Phi) is 3.63. The number of hydrogen-bond acceptors (Lipinski definition) is 4. The van der Waals surface area contributed by atoms with Crippen molar-refractivity contribution < 1.29 is 0 Å². The van der Waals surface area contributed by atoms with Gasteiger partial charge in [0.2, 0.25) is 0 Å². The standard InChI is InChI=1S/C13H23N5/c1-16-7-5-15-13(16)2-6-17-10-12(11-17)18-8-3-14-4-9-18/h5,7,12,14H,2-4,6,8-11H2,1H3. The van der Waals surface area contributed by atoms with E-state index < -0.39 is 0 Å². The van der Waals surface area contributed by atoms with Gasteiger partial charge in [0.25, 0.3) is 0 Å². The van der Waals surface area contributed by atoms with Crippen molar-refractivity contribution in [1.29, 1.82) is 0 Å².